The van der Waals surface area contributed by atoms with Crippen LogP contribution in [0.15, 0.2) is 36.5 Å². The summed E-state index contributed by atoms with van der Waals surface area (Å²) >= 11 is 0. The zero-order valence-corrected chi connectivity index (χ0v) is 11.9. The largest absolute Gasteiger partial charge is 0.452 e. The van der Waals surface area contributed by atoms with Gasteiger partial charge in [0, 0.05) is 12.2 Å². The van der Waals surface area contributed by atoms with Crippen LogP contribution in [0.5, 0.6) is 0 Å². The molecule has 1 aromatic rings. The Kier molecular flexibility index (Phi) is 4.50. The van der Waals surface area contributed by atoms with Gasteiger partial charge in [-0.3, -0.25) is 4.90 Å². The van der Waals surface area contributed by atoms with Crippen molar-refractivity contribution in [3.63, 3.8) is 0 Å². The van der Waals surface area contributed by atoms with Crippen molar-refractivity contribution in [3.8, 4) is 0 Å². The minimum Gasteiger partial charge on any atom is -0.452 e. The third kappa shape index (κ3) is 3.04. The number of nitrogens with zero attached hydrogens (tertiary/aromatic N) is 1. The van der Waals surface area contributed by atoms with Crippen LogP contribution >= 0.6 is 0 Å². The van der Waals surface area contributed by atoms with E-state index in [-0.39, 0.29) is 18.2 Å². The van der Waals surface area contributed by atoms with Crippen molar-refractivity contribution >= 4 is 17.5 Å². The van der Waals surface area contributed by atoms with Crippen LogP contribution in [0.25, 0.3) is 0 Å². The lowest BCUT2D eigenvalue weighted by molar-refractivity contribution is 0.122. The number of nitrogens with two attached hydrogens (primary N) is 1. The van der Waals surface area contributed by atoms with Crippen LogP contribution in [-0.2, 0) is 4.74 Å². The molecule has 1 heterocycles. The second kappa shape index (κ2) is 6.32. The van der Waals surface area contributed by atoms with Crippen LogP contribution in [-0.4, -0.2) is 30.2 Å². The Bertz CT molecular complexity index is 502. The molecule has 5 heteroatoms. The van der Waals surface area contributed by atoms with Crippen LogP contribution in [0.2, 0.25) is 0 Å². The van der Waals surface area contributed by atoms with Crippen molar-refractivity contribution in [3.05, 3.63) is 36.5 Å². The molecule has 0 bridgehead atoms. The van der Waals surface area contributed by atoms with E-state index in [1.807, 2.05) is 30.3 Å². The third-order valence-corrected chi connectivity index (χ3v) is 3.55. The van der Waals surface area contributed by atoms with E-state index in [0.717, 1.165) is 24.2 Å². The first-order chi connectivity index (χ1) is 9.65. The summed E-state index contributed by atoms with van der Waals surface area (Å²) in [6.45, 7) is 2.11. The summed E-state index contributed by atoms with van der Waals surface area (Å²) in [6.07, 6.45) is 5.23. The number of nitrogen functional groups attached to an aromatic ring is 1. The highest BCUT2D eigenvalue weighted by atomic mass is 16.5. The van der Waals surface area contributed by atoms with Crippen molar-refractivity contribution in [1.82, 2.24) is 4.90 Å². The van der Waals surface area contributed by atoms with Crippen LogP contribution in [0.4, 0.5) is 16.2 Å². The molecule has 20 heavy (non-hydrogen) atoms. The fourth-order valence-electron chi connectivity index (χ4n) is 2.26. The summed E-state index contributed by atoms with van der Waals surface area (Å²) in [5.74, 6) is 0. The molecule has 0 saturated heterocycles. The molecule has 3 N–H and O–H groups in total. The van der Waals surface area contributed by atoms with Gasteiger partial charge in [0.1, 0.15) is 0 Å². The van der Waals surface area contributed by atoms with Gasteiger partial charge in [-0.15, -0.1) is 0 Å². The molecule has 1 aliphatic heterocycles. The van der Waals surface area contributed by atoms with Crippen LogP contribution in [0, 0.1) is 0 Å². The number of carbonyl (C=O) groups excluding carboxylic acids is 1. The van der Waals surface area contributed by atoms with Crippen LogP contribution in [0.3, 0.4) is 0 Å². The molecule has 0 fully saturated rings. The van der Waals surface area contributed by atoms with Crippen LogP contribution < -0.4 is 11.1 Å². The summed E-state index contributed by atoms with van der Waals surface area (Å²) in [4.78, 5) is 13.1. The highest BCUT2D eigenvalue weighted by Crippen LogP contribution is 2.24. The number of para-hydroxylation sites is 2. The second-order valence-electron chi connectivity index (χ2n) is 4.86. The first-order valence-corrected chi connectivity index (χ1v) is 6.81. The lowest BCUT2D eigenvalue weighted by atomic mass is 10.00. The average molecular weight is 275 g/mol. The smallest absolute Gasteiger partial charge is 0.414 e. The molecule has 0 radical (unpaired) electrons. The fourth-order valence-corrected chi connectivity index (χ4v) is 2.26. The quantitative estimate of drug-likeness (QED) is 0.811. The molecular weight excluding hydrogens is 254 g/mol. The van der Waals surface area contributed by atoms with E-state index in [1.54, 1.807) is 11.1 Å². The molecule has 0 spiro atoms. The lowest BCUT2D eigenvalue weighted by Gasteiger charge is -2.35. The number of nitrogens with one attached hydrogen (secondary N) is 1. The minimum atomic E-state index is -0.313. The van der Waals surface area contributed by atoms with Gasteiger partial charge in [0.25, 0.3) is 0 Å². The normalized spacial score (nSPS) is 18.3. The zero-order valence-electron chi connectivity index (χ0n) is 11.9. The summed E-state index contributed by atoms with van der Waals surface area (Å²) in [6, 6.07) is 8.04. The van der Waals surface area contributed by atoms with E-state index in [1.165, 1.54) is 7.11 Å². The number of methoxy groups -OCH3 is 1. The van der Waals surface area contributed by atoms with Gasteiger partial charge in [0.15, 0.2) is 0 Å². The number of carbonyl (C=O) groups is 1. The van der Waals surface area contributed by atoms with Gasteiger partial charge < -0.3 is 15.8 Å². The van der Waals surface area contributed by atoms with Gasteiger partial charge in [-0.2, -0.15) is 0 Å². The van der Waals surface area contributed by atoms with Crippen molar-refractivity contribution in [2.45, 2.75) is 31.8 Å². The highest BCUT2D eigenvalue weighted by Gasteiger charge is 2.29. The maximum atomic E-state index is 11.5. The lowest BCUT2D eigenvalue weighted by Crippen LogP contribution is -2.44. The molecule has 2 atom stereocenters. The molecule has 1 aromatic carbocycles. The average Bonchev–Trinajstić information content (AvgIpc) is 2.43. The van der Waals surface area contributed by atoms with Gasteiger partial charge in [-0.05, 0) is 31.1 Å². The number of hydrogen-bond acceptors (Lipinski definition) is 4. The molecule has 0 aliphatic carbocycles. The van der Waals surface area contributed by atoms with E-state index in [9.17, 15) is 4.79 Å². The number of hydrogen-bond donors (Lipinski definition) is 2. The first kappa shape index (κ1) is 14.2. The van der Waals surface area contributed by atoms with Crippen molar-refractivity contribution < 1.29 is 9.53 Å². The minimum absolute atomic E-state index is 0.0878. The Morgan fingerprint density at radius 3 is 2.80 bits per heavy atom. The number of benzene rings is 1. The maximum absolute atomic E-state index is 11.5. The first-order valence-electron chi connectivity index (χ1n) is 6.81. The Balaban J connectivity index is 1.95. The summed E-state index contributed by atoms with van der Waals surface area (Å²) in [7, 11) is 1.39. The number of anilines is 2. The van der Waals surface area contributed by atoms with Gasteiger partial charge in [-0.25, -0.2) is 4.79 Å². The molecule has 2 rings (SSSR count). The number of rotatable bonds is 5. The van der Waals surface area contributed by atoms with E-state index >= 15 is 0 Å². The molecule has 0 aromatic heterocycles. The van der Waals surface area contributed by atoms with Gasteiger partial charge in [0.05, 0.1) is 24.5 Å². The van der Waals surface area contributed by atoms with Crippen molar-refractivity contribution in [1.29, 1.82) is 0 Å². The maximum Gasteiger partial charge on any atom is 0.414 e. The Hall–Kier alpha value is -2.17. The molecule has 0 saturated carbocycles. The predicted molar refractivity (Wildman–Crippen MR) is 80.3 cm³/mol. The zero-order chi connectivity index (χ0) is 14.5. The SMILES string of the molecule is CC[C@H](CC1C=CN1C(=O)OC)Nc1ccccc1N. The molecule has 108 valence electrons. The van der Waals surface area contributed by atoms with E-state index in [4.69, 9.17) is 10.5 Å². The van der Waals surface area contributed by atoms with Gasteiger partial charge in [-0.1, -0.05) is 19.1 Å². The standard InChI is InChI=1S/C15H21N3O2/c1-3-11(17-14-7-5-4-6-13(14)16)10-12-8-9-18(12)15(19)20-2/h4-9,11-12,17H,3,10,16H2,1-2H3/t11-,12?/m1/s1. The molecular formula is C15H21N3O2. The molecule has 1 aliphatic rings. The van der Waals surface area contributed by atoms with Gasteiger partial charge >= 0.3 is 6.09 Å². The highest BCUT2D eigenvalue weighted by molar-refractivity contribution is 5.71. The number of ether oxygens (including phenoxy) is 1. The monoisotopic (exact) mass is 275 g/mol. The summed E-state index contributed by atoms with van der Waals surface area (Å²) in [5.41, 5.74) is 7.61. The topological polar surface area (TPSA) is 67.6 Å². The summed E-state index contributed by atoms with van der Waals surface area (Å²) in [5, 5.41) is 3.44. The second-order valence-corrected chi connectivity index (χ2v) is 4.86. The Morgan fingerprint density at radius 1 is 1.50 bits per heavy atom. The molecule has 5 nitrogen and oxygen atoms in total. The molecule has 1 amide bonds. The molecule has 1 unspecified atom stereocenters. The summed E-state index contributed by atoms with van der Waals surface area (Å²) < 4.78 is 4.73. The van der Waals surface area contributed by atoms with E-state index < -0.39 is 0 Å². The van der Waals surface area contributed by atoms with E-state index in [2.05, 4.69) is 12.2 Å². The Morgan fingerprint density at radius 2 is 2.25 bits per heavy atom. The van der Waals surface area contributed by atoms with Crippen molar-refractivity contribution in [2.24, 2.45) is 0 Å². The Labute approximate surface area is 119 Å². The third-order valence-electron chi connectivity index (χ3n) is 3.55. The predicted octanol–water partition coefficient (Wildman–Crippen LogP) is 2.81. The van der Waals surface area contributed by atoms with Gasteiger partial charge in [0.2, 0.25) is 0 Å². The van der Waals surface area contributed by atoms with Crippen molar-refractivity contribution in [2.75, 3.05) is 18.2 Å². The fraction of sp³-hybridized carbons (Fsp3) is 0.400. The van der Waals surface area contributed by atoms with E-state index in [0.29, 0.717) is 0 Å². The number of amides is 1. The van der Waals surface area contributed by atoms with Crippen LogP contribution in [0.1, 0.15) is 19.8 Å².